The lowest BCUT2D eigenvalue weighted by Gasteiger charge is -2.12. The average Bonchev–Trinajstić information content (AvgIpc) is 2.93. The Kier molecular flexibility index (Phi) is 4.77. The lowest BCUT2D eigenvalue weighted by atomic mass is 10.1. The first kappa shape index (κ1) is 19.0. The molecule has 0 spiro atoms. The molecule has 0 aliphatic rings. The summed E-state index contributed by atoms with van der Waals surface area (Å²) in [6.07, 6.45) is -5.42. The van der Waals surface area contributed by atoms with E-state index in [-0.39, 0.29) is 35.6 Å². The van der Waals surface area contributed by atoms with E-state index >= 15 is 0 Å². The minimum Gasteiger partial charge on any atom is -0.434 e. The van der Waals surface area contributed by atoms with Gasteiger partial charge in [0, 0.05) is 0 Å². The van der Waals surface area contributed by atoms with Crippen LogP contribution < -0.4 is 10.3 Å². The maximum absolute atomic E-state index is 13.1. The van der Waals surface area contributed by atoms with Crippen LogP contribution in [0.2, 0.25) is 5.02 Å². The third-order valence-corrected chi connectivity index (χ3v) is 4.11. The Morgan fingerprint density at radius 2 is 2.04 bits per heavy atom. The van der Waals surface area contributed by atoms with Gasteiger partial charge in [0.2, 0.25) is 11.5 Å². The van der Waals surface area contributed by atoms with Crippen molar-refractivity contribution in [3.05, 3.63) is 38.8 Å². The summed E-state index contributed by atoms with van der Waals surface area (Å²) in [5.41, 5.74) is -1.55. The second-order valence-electron chi connectivity index (χ2n) is 5.46. The zero-order valence-electron chi connectivity index (χ0n) is 14.1. The van der Waals surface area contributed by atoms with E-state index in [9.17, 15) is 22.8 Å². The third-order valence-electron chi connectivity index (χ3n) is 3.80. The fourth-order valence-corrected chi connectivity index (χ4v) is 2.97. The minimum atomic E-state index is -4.68. The monoisotopic (exact) mass is 403 g/mol. The van der Waals surface area contributed by atoms with Crippen molar-refractivity contribution < 1.29 is 27.4 Å². The van der Waals surface area contributed by atoms with Gasteiger partial charge in [-0.15, -0.1) is 0 Å². The van der Waals surface area contributed by atoms with Gasteiger partial charge in [-0.1, -0.05) is 18.5 Å². The number of alkyl halides is 3. The number of aromatic amines is 1. The number of nitrogens with zero attached hydrogens (tertiary/aromatic N) is 2. The topological polar surface area (TPSA) is 85.7 Å². The second-order valence-corrected chi connectivity index (χ2v) is 5.87. The zero-order valence-corrected chi connectivity index (χ0v) is 14.9. The van der Waals surface area contributed by atoms with Crippen molar-refractivity contribution in [1.82, 2.24) is 14.4 Å². The van der Waals surface area contributed by atoms with Gasteiger partial charge >= 0.3 is 12.3 Å². The molecule has 0 amide bonds. The summed E-state index contributed by atoms with van der Waals surface area (Å²) in [7, 11) is 0. The second kappa shape index (κ2) is 6.76. The molecule has 27 heavy (non-hydrogen) atoms. The molecule has 0 unspecified atom stereocenters. The number of fused-ring (bicyclic) bond motifs is 3. The van der Waals surface area contributed by atoms with Crippen LogP contribution in [-0.4, -0.2) is 27.1 Å². The number of ether oxygens (including phenoxy) is 2. The van der Waals surface area contributed by atoms with E-state index in [2.05, 4.69) is 14.7 Å². The van der Waals surface area contributed by atoms with Crippen molar-refractivity contribution in [3.8, 4) is 5.88 Å². The molecule has 2 heterocycles. The number of hydrogen-bond acceptors (Lipinski definition) is 5. The van der Waals surface area contributed by atoms with Crippen molar-refractivity contribution in [2.24, 2.45) is 0 Å². The smallest absolute Gasteiger partial charge is 0.434 e. The van der Waals surface area contributed by atoms with Crippen molar-refractivity contribution in [2.75, 3.05) is 6.61 Å². The Bertz CT molecular complexity index is 1100. The number of hydrogen-bond donors (Lipinski definition) is 1. The molecule has 1 aromatic carbocycles. The summed E-state index contributed by atoms with van der Waals surface area (Å²) in [5, 5.41) is -0.535. The summed E-state index contributed by atoms with van der Waals surface area (Å²) < 4.78 is 50.3. The van der Waals surface area contributed by atoms with Gasteiger partial charge in [-0.05, 0) is 25.5 Å². The van der Waals surface area contributed by atoms with Crippen LogP contribution in [0.5, 0.6) is 5.88 Å². The van der Waals surface area contributed by atoms with Crippen LogP contribution >= 0.6 is 11.6 Å². The van der Waals surface area contributed by atoms with Crippen molar-refractivity contribution in [2.45, 2.75) is 26.4 Å². The highest BCUT2D eigenvalue weighted by molar-refractivity contribution is 6.32. The molecule has 7 nitrogen and oxygen atoms in total. The van der Waals surface area contributed by atoms with Crippen molar-refractivity contribution in [3.63, 3.8) is 0 Å². The van der Waals surface area contributed by atoms with E-state index in [0.29, 0.717) is 5.69 Å². The van der Waals surface area contributed by atoms with Crippen LogP contribution in [0.4, 0.5) is 18.0 Å². The van der Waals surface area contributed by atoms with Gasteiger partial charge in [0.25, 0.3) is 5.56 Å². The molecule has 0 bridgehead atoms. The standard InChI is InChI=1S/C16H13ClF3N3O4/c1-3-10-14(27-15(25)26-4-2)22-12-13(24)21-9-5-7(16(18,19)20)8(17)6-11(9)23(10)12/h5-6H,3-4H2,1-2H3,(H,21,24). The van der Waals surface area contributed by atoms with E-state index in [1.54, 1.807) is 13.8 Å². The Labute approximate surface area is 154 Å². The number of rotatable bonds is 3. The normalized spacial score (nSPS) is 11.9. The summed E-state index contributed by atoms with van der Waals surface area (Å²) >= 11 is 5.80. The maximum Gasteiger partial charge on any atom is 0.515 e. The highest BCUT2D eigenvalue weighted by Crippen LogP contribution is 2.37. The molecule has 0 saturated heterocycles. The van der Waals surface area contributed by atoms with E-state index < -0.39 is 28.5 Å². The number of imidazole rings is 1. The van der Waals surface area contributed by atoms with E-state index in [1.807, 2.05) is 0 Å². The summed E-state index contributed by atoms with van der Waals surface area (Å²) in [6.45, 7) is 3.37. The number of benzene rings is 1. The number of aromatic nitrogens is 3. The number of nitrogens with one attached hydrogen (secondary N) is 1. The number of halogens is 4. The molecule has 11 heteroatoms. The van der Waals surface area contributed by atoms with Gasteiger partial charge < -0.3 is 14.5 Å². The Morgan fingerprint density at radius 3 is 2.63 bits per heavy atom. The Hall–Kier alpha value is -2.75. The lowest BCUT2D eigenvalue weighted by Crippen LogP contribution is -2.13. The molecule has 0 atom stereocenters. The molecule has 1 N–H and O–H groups in total. The van der Waals surface area contributed by atoms with Gasteiger partial charge in [0.05, 0.1) is 33.9 Å². The first-order chi connectivity index (χ1) is 12.7. The van der Waals surface area contributed by atoms with Gasteiger partial charge in [-0.2, -0.15) is 18.2 Å². The lowest BCUT2D eigenvalue weighted by molar-refractivity contribution is -0.137. The van der Waals surface area contributed by atoms with Crippen LogP contribution in [0.25, 0.3) is 16.7 Å². The summed E-state index contributed by atoms with van der Waals surface area (Å²) in [6, 6.07) is 1.83. The largest absolute Gasteiger partial charge is 0.515 e. The van der Waals surface area contributed by atoms with Crippen molar-refractivity contribution in [1.29, 1.82) is 0 Å². The van der Waals surface area contributed by atoms with E-state index in [4.69, 9.17) is 16.3 Å². The molecule has 0 saturated carbocycles. The predicted molar refractivity (Wildman–Crippen MR) is 90.4 cm³/mol. The number of carbonyl (C=O) groups excluding carboxylic acids is 1. The molecule has 0 aliphatic heterocycles. The van der Waals surface area contributed by atoms with Crippen LogP contribution in [0.15, 0.2) is 16.9 Å². The highest BCUT2D eigenvalue weighted by atomic mass is 35.5. The van der Waals surface area contributed by atoms with Crippen LogP contribution in [0, 0.1) is 0 Å². The van der Waals surface area contributed by atoms with Gasteiger partial charge in [-0.25, -0.2) is 4.79 Å². The fourth-order valence-electron chi connectivity index (χ4n) is 2.71. The summed E-state index contributed by atoms with van der Waals surface area (Å²) in [5.74, 6) is -0.162. The Balaban J connectivity index is 2.32. The minimum absolute atomic E-state index is 0.0764. The predicted octanol–water partition coefficient (Wildman–Crippen LogP) is 3.95. The SMILES string of the molecule is CCOC(=O)Oc1nc2c(=O)[nH]c3cc(C(F)(F)F)c(Cl)cc3n2c1CC. The molecule has 2 aromatic heterocycles. The number of aryl methyl sites for hydroxylation is 1. The molecular weight excluding hydrogens is 391 g/mol. The quantitative estimate of drug-likeness (QED) is 0.669. The maximum atomic E-state index is 13.1. The zero-order chi connectivity index (χ0) is 19.9. The van der Waals surface area contributed by atoms with Gasteiger partial charge in [-0.3, -0.25) is 9.20 Å². The first-order valence-corrected chi connectivity index (χ1v) is 8.23. The summed E-state index contributed by atoms with van der Waals surface area (Å²) in [4.78, 5) is 30.2. The number of H-pyrrole nitrogens is 1. The van der Waals surface area contributed by atoms with E-state index in [0.717, 1.165) is 12.1 Å². The molecular formula is C16H13ClF3N3O4. The van der Waals surface area contributed by atoms with Crippen LogP contribution in [0.3, 0.4) is 0 Å². The van der Waals surface area contributed by atoms with Crippen LogP contribution in [-0.2, 0) is 17.3 Å². The average molecular weight is 404 g/mol. The van der Waals surface area contributed by atoms with Crippen molar-refractivity contribution >= 4 is 34.4 Å². The highest BCUT2D eigenvalue weighted by Gasteiger charge is 2.34. The third kappa shape index (κ3) is 3.32. The molecule has 0 radical (unpaired) electrons. The molecule has 3 rings (SSSR count). The number of carbonyl (C=O) groups is 1. The fraction of sp³-hybridized carbons (Fsp3) is 0.312. The van der Waals surface area contributed by atoms with Gasteiger partial charge in [0.15, 0.2) is 0 Å². The molecule has 3 aromatic rings. The van der Waals surface area contributed by atoms with Crippen LogP contribution in [0.1, 0.15) is 25.1 Å². The molecule has 144 valence electrons. The first-order valence-electron chi connectivity index (χ1n) is 7.86. The molecule has 0 fully saturated rings. The molecule has 0 aliphatic carbocycles. The Morgan fingerprint density at radius 1 is 1.33 bits per heavy atom. The van der Waals surface area contributed by atoms with E-state index in [1.165, 1.54) is 4.40 Å². The van der Waals surface area contributed by atoms with Gasteiger partial charge in [0.1, 0.15) is 0 Å².